The number of carbonyl (C=O) groups is 1. The summed E-state index contributed by atoms with van der Waals surface area (Å²) in [6.07, 6.45) is 4.90. The fraction of sp³-hybridized carbons (Fsp3) is 0.632. The Kier molecular flexibility index (Phi) is 3.38. The van der Waals surface area contributed by atoms with E-state index in [2.05, 4.69) is 39.8 Å². The summed E-state index contributed by atoms with van der Waals surface area (Å²) in [7, 11) is 0. The summed E-state index contributed by atoms with van der Waals surface area (Å²) in [6.45, 7) is 9.92. The number of Topliss-reactive ketones (excluding diaryl/α,β-unsaturated/α-hetero) is 1. The van der Waals surface area contributed by atoms with Crippen molar-refractivity contribution in [2.24, 2.45) is 0 Å². The first kappa shape index (κ1) is 14.6. The third-order valence-electron chi connectivity index (χ3n) is 5.31. The number of hydrogen-bond donors (Lipinski definition) is 0. The minimum absolute atomic E-state index is 0.141. The molecule has 2 nitrogen and oxygen atoms in total. The predicted molar refractivity (Wildman–Crippen MR) is 85.4 cm³/mol. The van der Waals surface area contributed by atoms with Gasteiger partial charge in [-0.15, -0.1) is 0 Å². The minimum Gasteiger partial charge on any atom is -0.493 e. The molecule has 3 rings (SSSR count). The van der Waals surface area contributed by atoms with Crippen molar-refractivity contribution < 1.29 is 9.53 Å². The molecule has 21 heavy (non-hydrogen) atoms. The number of hydrogen-bond acceptors (Lipinski definition) is 2. The normalized spacial score (nSPS) is 23.3. The van der Waals surface area contributed by atoms with Crippen LogP contribution >= 0.6 is 0 Å². The Morgan fingerprint density at radius 1 is 0.952 bits per heavy atom. The van der Waals surface area contributed by atoms with E-state index in [-0.39, 0.29) is 16.6 Å². The number of rotatable bonds is 0. The number of fused-ring (bicyclic) bond motifs is 2. The maximum absolute atomic E-state index is 12.4. The van der Waals surface area contributed by atoms with E-state index in [4.69, 9.17) is 4.74 Å². The van der Waals surface area contributed by atoms with Gasteiger partial charge >= 0.3 is 0 Å². The minimum atomic E-state index is 0.141. The third kappa shape index (κ3) is 2.49. The van der Waals surface area contributed by atoms with E-state index in [1.807, 2.05) is 0 Å². The van der Waals surface area contributed by atoms with Crippen molar-refractivity contribution in [2.75, 3.05) is 6.61 Å². The summed E-state index contributed by atoms with van der Waals surface area (Å²) in [4.78, 5) is 12.4. The lowest BCUT2D eigenvalue weighted by Gasteiger charge is -2.42. The first-order valence-electron chi connectivity index (χ1n) is 8.16. The summed E-state index contributed by atoms with van der Waals surface area (Å²) in [5.74, 6) is 1.05. The number of carbonyl (C=O) groups excluding carboxylic acids is 1. The Bertz CT molecular complexity index is 581. The molecule has 2 heteroatoms. The van der Waals surface area contributed by atoms with Gasteiger partial charge in [0.15, 0.2) is 5.78 Å². The Hall–Kier alpha value is -1.31. The standard InChI is InChI=1S/C19H26O2/c1-18(2)8-9-19(3,4)15-12-17-13(11-14(15)18)16(20)7-5-6-10-21-17/h11-12H,5-10H2,1-4H3. The molecule has 0 spiro atoms. The van der Waals surface area contributed by atoms with Crippen LogP contribution in [0, 0.1) is 0 Å². The fourth-order valence-corrected chi connectivity index (χ4v) is 3.64. The van der Waals surface area contributed by atoms with Crippen LogP contribution in [-0.2, 0) is 10.8 Å². The van der Waals surface area contributed by atoms with Gasteiger partial charge in [0.25, 0.3) is 0 Å². The second-order valence-electron chi connectivity index (χ2n) is 7.89. The quantitative estimate of drug-likeness (QED) is 0.686. The molecule has 1 aliphatic carbocycles. The fourth-order valence-electron chi connectivity index (χ4n) is 3.64. The van der Waals surface area contributed by atoms with Crippen LogP contribution in [0.2, 0.25) is 0 Å². The average molecular weight is 286 g/mol. The van der Waals surface area contributed by atoms with E-state index in [9.17, 15) is 4.79 Å². The lowest BCUT2D eigenvalue weighted by molar-refractivity contribution is 0.0966. The molecule has 0 saturated carbocycles. The van der Waals surface area contributed by atoms with Crippen LogP contribution in [-0.4, -0.2) is 12.4 Å². The van der Waals surface area contributed by atoms with Crippen molar-refractivity contribution in [1.82, 2.24) is 0 Å². The van der Waals surface area contributed by atoms with Crippen molar-refractivity contribution in [3.05, 3.63) is 28.8 Å². The highest BCUT2D eigenvalue weighted by Gasteiger charge is 2.38. The van der Waals surface area contributed by atoms with Gasteiger partial charge in [0.2, 0.25) is 0 Å². The number of ketones is 1. The molecule has 1 aromatic rings. The molecule has 114 valence electrons. The highest BCUT2D eigenvalue weighted by atomic mass is 16.5. The summed E-state index contributed by atoms with van der Waals surface area (Å²) >= 11 is 0. The molecular weight excluding hydrogens is 260 g/mol. The largest absolute Gasteiger partial charge is 0.493 e. The molecule has 0 N–H and O–H groups in total. The zero-order chi connectivity index (χ0) is 15.3. The molecule has 1 aliphatic heterocycles. The maximum atomic E-state index is 12.4. The van der Waals surface area contributed by atoms with Crippen LogP contribution in [0.5, 0.6) is 5.75 Å². The van der Waals surface area contributed by atoms with Crippen LogP contribution in [0.3, 0.4) is 0 Å². The van der Waals surface area contributed by atoms with Crippen molar-refractivity contribution >= 4 is 5.78 Å². The number of benzene rings is 1. The Balaban J connectivity index is 2.20. The van der Waals surface area contributed by atoms with E-state index >= 15 is 0 Å². The molecule has 0 unspecified atom stereocenters. The van der Waals surface area contributed by atoms with Crippen LogP contribution < -0.4 is 4.74 Å². The molecule has 1 heterocycles. The van der Waals surface area contributed by atoms with Crippen LogP contribution in [0.1, 0.15) is 81.3 Å². The zero-order valence-corrected chi connectivity index (χ0v) is 13.7. The molecule has 2 aliphatic rings. The van der Waals surface area contributed by atoms with Gasteiger partial charge < -0.3 is 4.74 Å². The highest BCUT2D eigenvalue weighted by molar-refractivity contribution is 5.99. The van der Waals surface area contributed by atoms with Gasteiger partial charge in [-0.3, -0.25) is 4.79 Å². The predicted octanol–water partition coefficient (Wildman–Crippen LogP) is 4.78. The third-order valence-corrected chi connectivity index (χ3v) is 5.31. The molecule has 0 atom stereocenters. The van der Waals surface area contributed by atoms with E-state index in [1.165, 1.54) is 24.0 Å². The van der Waals surface area contributed by atoms with Crippen LogP contribution in [0.4, 0.5) is 0 Å². The first-order chi connectivity index (χ1) is 9.81. The lowest BCUT2D eigenvalue weighted by Crippen LogP contribution is -2.34. The lowest BCUT2D eigenvalue weighted by atomic mass is 9.62. The highest BCUT2D eigenvalue weighted by Crippen LogP contribution is 2.48. The van der Waals surface area contributed by atoms with Gasteiger partial charge in [0, 0.05) is 6.42 Å². The summed E-state index contributed by atoms with van der Waals surface area (Å²) in [5.41, 5.74) is 3.82. The van der Waals surface area contributed by atoms with E-state index < -0.39 is 0 Å². The van der Waals surface area contributed by atoms with Gasteiger partial charge in [-0.05, 0) is 59.8 Å². The van der Waals surface area contributed by atoms with Gasteiger partial charge in [0.1, 0.15) is 5.75 Å². The van der Waals surface area contributed by atoms with Crippen molar-refractivity contribution in [1.29, 1.82) is 0 Å². The summed E-state index contributed by atoms with van der Waals surface area (Å²) < 4.78 is 5.91. The topological polar surface area (TPSA) is 26.3 Å². The maximum Gasteiger partial charge on any atom is 0.166 e. The SMILES string of the molecule is CC1(C)CCC(C)(C)c2cc3c(cc21)OCCCCC3=O. The Morgan fingerprint density at radius 3 is 2.24 bits per heavy atom. The summed E-state index contributed by atoms with van der Waals surface area (Å²) in [5, 5.41) is 0. The van der Waals surface area contributed by atoms with Gasteiger partial charge in [-0.25, -0.2) is 0 Å². The van der Waals surface area contributed by atoms with Crippen LogP contribution in [0.15, 0.2) is 12.1 Å². The van der Waals surface area contributed by atoms with Crippen molar-refractivity contribution in [3.63, 3.8) is 0 Å². The van der Waals surface area contributed by atoms with E-state index in [1.54, 1.807) is 0 Å². The van der Waals surface area contributed by atoms with E-state index in [0.29, 0.717) is 6.42 Å². The molecule has 0 bridgehead atoms. The average Bonchev–Trinajstić information content (AvgIpc) is 2.41. The molecule has 0 saturated heterocycles. The zero-order valence-electron chi connectivity index (χ0n) is 13.7. The smallest absolute Gasteiger partial charge is 0.166 e. The molecule has 1 aromatic carbocycles. The summed E-state index contributed by atoms with van der Waals surface area (Å²) in [6, 6.07) is 4.30. The number of ether oxygens (including phenoxy) is 1. The second kappa shape index (κ2) is 4.86. The van der Waals surface area contributed by atoms with E-state index in [0.717, 1.165) is 30.8 Å². The monoisotopic (exact) mass is 286 g/mol. The van der Waals surface area contributed by atoms with Gasteiger partial charge in [-0.1, -0.05) is 27.7 Å². The second-order valence-corrected chi connectivity index (χ2v) is 7.89. The van der Waals surface area contributed by atoms with Gasteiger partial charge in [0.05, 0.1) is 12.2 Å². The van der Waals surface area contributed by atoms with Crippen molar-refractivity contribution in [3.8, 4) is 5.75 Å². The van der Waals surface area contributed by atoms with Gasteiger partial charge in [-0.2, -0.15) is 0 Å². The Labute approximate surface area is 127 Å². The van der Waals surface area contributed by atoms with Crippen LogP contribution in [0.25, 0.3) is 0 Å². The molecular formula is C19H26O2. The molecule has 0 radical (unpaired) electrons. The molecule has 0 aromatic heterocycles. The Morgan fingerprint density at radius 2 is 1.57 bits per heavy atom. The first-order valence-corrected chi connectivity index (χ1v) is 8.16. The van der Waals surface area contributed by atoms with Crippen molar-refractivity contribution in [2.45, 2.75) is 70.6 Å². The molecule has 0 amide bonds. The molecule has 0 fully saturated rings.